The van der Waals surface area contributed by atoms with Gasteiger partial charge >= 0.3 is 0 Å². The minimum atomic E-state index is -0.0317. The maximum absolute atomic E-state index is 14.1. The average Bonchev–Trinajstić information content (AvgIpc) is 2.85. The van der Waals surface area contributed by atoms with Crippen LogP contribution in [0.1, 0.15) is 24.4 Å². The van der Waals surface area contributed by atoms with Crippen LogP contribution in [0.3, 0.4) is 0 Å². The fourth-order valence-corrected chi connectivity index (χ4v) is 5.06. The summed E-state index contributed by atoms with van der Waals surface area (Å²) < 4.78 is 7.38. The third kappa shape index (κ3) is 3.80. The number of nitrogens with one attached hydrogen (secondary N) is 2. The third-order valence-electron chi connectivity index (χ3n) is 7.02. The summed E-state index contributed by atoms with van der Waals surface area (Å²) in [4.78, 5) is 25.5. The summed E-state index contributed by atoms with van der Waals surface area (Å²) in [6, 6.07) is 18.0. The molecular formula is C27H28N6O2. The van der Waals surface area contributed by atoms with Crippen molar-refractivity contribution in [2.24, 2.45) is 0 Å². The first kappa shape index (κ1) is 21.6. The van der Waals surface area contributed by atoms with E-state index in [0.29, 0.717) is 23.8 Å². The van der Waals surface area contributed by atoms with Crippen molar-refractivity contribution in [2.75, 3.05) is 35.7 Å². The van der Waals surface area contributed by atoms with E-state index in [-0.39, 0.29) is 17.7 Å². The van der Waals surface area contributed by atoms with Crippen LogP contribution in [0.2, 0.25) is 0 Å². The van der Waals surface area contributed by atoms with Crippen LogP contribution >= 0.6 is 0 Å². The molecule has 0 spiro atoms. The Morgan fingerprint density at radius 2 is 1.91 bits per heavy atom. The van der Waals surface area contributed by atoms with Gasteiger partial charge in [-0.25, -0.2) is 4.98 Å². The largest absolute Gasteiger partial charge is 0.381 e. The highest BCUT2D eigenvalue weighted by Crippen LogP contribution is 2.39. The molecule has 4 aromatic rings. The van der Waals surface area contributed by atoms with E-state index in [4.69, 9.17) is 9.72 Å². The zero-order valence-electron chi connectivity index (χ0n) is 19.9. The Hall–Kier alpha value is -3.91. The fraction of sp³-hybridized carbons (Fsp3) is 0.296. The van der Waals surface area contributed by atoms with Crippen molar-refractivity contribution in [2.45, 2.75) is 31.9 Å². The number of benzene rings is 2. The van der Waals surface area contributed by atoms with Crippen LogP contribution in [-0.2, 0) is 4.74 Å². The van der Waals surface area contributed by atoms with E-state index in [2.05, 4.69) is 39.6 Å². The highest BCUT2D eigenvalue weighted by atomic mass is 16.5. The van der Waals surface area contributed by atoms with Crippen molar-refractivity contribution < 1.29 is 4.74 Å². The number of aromatic nitrogens is 3. The smallest absolute Gasteiger partial charge is 0.276 e. The number of nitrogens with zero attached hydrogens (tertiary/aromatic N) is 4. The predicted octanol–water partition coefficient (Wildman–Crippen LogP) is 4.76. The van der Waals surface area contributed by atoms with Gasteiger partial charge in [0.25, 0.3) is 5.56 Å². The minimum Gasteiger partial charge on any atom is -0.381 e. The van der Waals surface area contributed by atoms with Crippen molar-refractivity contribution in [1.29, 1.82) is 0 Å². The van der Waals surface area contributed by atoms with E-state index in [1.807, 2.05) is 47.0 Å². The molecule has 0 saturated heterocycles. The molecule has 0 amide bonds. The molecule has 1 fully saturated rings. The Balaban J connectivity index is 1.49. The summed E-state index contributed by atoms with van der Waals surface area (Å²) in [5.41, 5.74) is 5.42. The van der Waals surface area contributed by atoms with Gasteiger partial charge in [-0.05, 0) is 49.6 Å². The molecule has 0 unspecified atom stereocenters. The molecule has 0 bridgehead atoms. The summed E-state index contributed by atoms with van der Waals surface area (Å²) >= 11 is 0. The zero-order chi connectivity index (χ0) is 23.9. The number of para-hydroxylation sites is 2. The summed E-state index contributed by atoms with van der Waals surface area (Å²) in [5.74, 6) is 0.468. The average molecular weight is 469 g/mol. The summed E-state index contributed by atoms with van der Waals surface area (Å²) in [7, 11) is 1.72. The minimum absolute atomic E-state index is 0.0317. The molecular weight excluding hydrogens is 440 g/mol. The van der Waals surface area contributed by atoms with Gasteiger partial charge < -0.3 is 20.3 Å². The molecule has 1 aliphatic carbocycles. The monoisotopic (exact) mass is 468 g/mol. The van der Waals surface area contributed by atoms with Crippen LogP contribution in [-0.4, -0.2) is 40.8 Å². The molecule has 2 aliphatic rings. The van der Waals surface area contributed by atoms with Crippen LogP contribution in [0, 0.1) is 6.92 Å². The lowest BCUT2D eigenvalue weighted by atomic mass is 9.88. The Kier molecular flexibility index (Phi) is 5.37. The van der Waals surface area contributed by atoms with Crippen molar-refractivity contribution in [1.82, 2.24) is 14.5 Å². The van der Waals surface area contributed by atoms with Crippen molar-refractivity contribution in [3.63, 3.8) is 0 Å². The second-order valence-electron chi connectivity index (χ2n) is 9.20. The highest BCUT2D eigenvalue weighted by Gasteiger charge is 2.34. The fourth-order valence-electron chi connectivity index (χ4n) is 5.06. The molecule has 2 aromatic carbocycles. The van der Waals surface area contributed by atoms with Crippen molar-refractivity contribution in [3.8, 4) is 0 Å². The molecule has 8 nitrogen and oxygen atoms in total. The zero-order valence-corrected chi connectivity index (χ0v) is 19.9. The van der Waals surface area contributed by atoms with Gasteiger partial charge in [0.1, 0.15) is 11.3 Å². The normalized spacial score (nSPS) is 19.1. The first-order valence-corrected chi connectivity index (χ1v) is 12.0. The molecule has 6 rings (SSSR count). The van der Waals surface area contributed by atoms with Crippen LogP contribution < -0.4 is 21.1 Å². The topological polar surface area (TPSA) is 84.3 Å². The maximum Gasteiger partial charge on any atom is 0.276 e. The quantitative estimate of drug-likeness (QED) is 0.437. The molecule has 1 aliphatic heterocycles. The number of rotatable bonds is 5. The second-order valence-corrected chi connectivity index (χ2v) is 9.20. The number of ether oxygens (including phenoxy) is 1. The predicted molar refractivity (Wildman–Crippen MR) is 139 cm³/mol. The Morgan fingerprint density at radius 3 is 2.71 bits per heavy atom. The van der Waals surface area contributed by atoms with E-state index in [1.165, 1.54) is 0 Å². The first-order chi connectivity index (χ1) is 17.1. The van der Waals surface area contributed by atoms with E-state index in [1.54, 1.807) is 13.3 Å². The van der Waals surface area contributed by atoms with E-state index in [0.717, 1.165) is 47.4 Å². The third-order valence-corrected chi connectivity index (χ3v) is 7.02. The Labute approximate surface area is 203 Å². The molecule has 2 N–H and O–H groups in total. The number of hydrogen-bond donors (Lipinski definition) is 2. The number of anilines is 5. The van der Waals surface area contributed by atoms with Gasteiger partial charge in [-0.1, -0.05) is 30.3 Å². The number of methoxy groups -OCH3 is 1. The highest BCUT2D eigenvalue weighted by molar-refractivity contribution is 5.85. The molecule has 3 heterocycles. The Bertz CT molecular complexity index is 1450. The standard InChI is InChI=1S/C27H28N6O2/c1-17-7-6-10-22-24(17)28-11-12-32(22)23-13-18-16-29-27(30-19-8-4-3-5-9-19)31-25(18)33(26(23)34)20-14-21(15-20)35-2/h3-10,13,16,20-21,28H,11-12,14-15H2,1-2H3,(H,29,30,31). The molecule has 8 heteroatoms. The van der Waals surface area contributed by atoms with Gasteiger partial charge in [0.05, 0.1) is 17.5 Å². The molecule has 35 heavy (non-hydrogen) atoms. The van der Waals surface area contributed by atoms with Crippen LogP contribution in [0.5, 0.6) is 0 Å². The van der Waals surface area contributed by atoms with Gasteiger partial charge in [0.2, 0.25) is 5.95 Å². The second kappa shape index (κ2) is 8.70. The molecule has 1 saturated carbocycles. The molecule has 2 aromatic heterocycles. The molecule has 0 radical (unpaired) electrons. The SMILES string of the molecule is COC1CC(n2c(=O)c(N3CCNc4c(C)cccc43)cc3cnc(Nc4ccccc4)nc32)C1. The van der Waals surface area contributed by atoms with Gasteiger partial charge in [0, 0.05) is 43.5 Å². The summed E-state index contributed by atoms with van der Waals surface area (Å²) in [6.45, 7) is 3.56. The lowest BCUT2D eigenvalue weighted by Gasteiger charge is -2.37. The maximum atomic E-state index is 14.1. The summed E-state index contributed by atoms with van der Waals surface area (Å²) in [6.07, 6.45) is 3.55. The molecule has 0 atom stereocenters. The van der Waals surface area contributed by atoms with Crippen LogP contribution in [0.4, 0.5) is 28.7 Å². The summed E-state index contributed by atoms with van der Waals surface area (Å²) in [5, 5.41) is 7.58. The van der Waals surface area contributed by atoms with Crippen LogP contribution in [0.15, 0.2) is 65.6 Å². The van der Waals surface area contributed by atoms with Crippen molar-refractivity contribution in [3.05, 3.63) is 76.7 Å². The van der Waals surface area contributed by atoms with E-state index in [9.17, 15) is 4.79 Å². The lowest BCUT2D eigenvalue weighted by Crippen LogP contribution is -2.41. The molecule has 178 valence electrons. The lowest BCUT2D eigenvalue weighted by molar-refractivity contribution is 0.00640. The van der Waals surface area contributed by atoms with Gasteiger partial charge in [-0.3, -0.25) is 9.36 Å². The van der Waals surface area contributed by atoms with Gasteiger partial charge in [-0.2, -0.15) is 4.98 Å². The van der Waals surface area contributed by atoms with Gasteiger partial charge in [-0.15, -0.1) is 0 Å². The van der Waals surface area contributed by atoms with E-state index < -0.39 is 0 Å². The van der Waals surface area contributed by atoms with Gasteiger partial charge in [0.15, 0.2) is 0 Å². The Morgan fingerprint density at radius 1 is 1.09 bits per heavy atom. The van der Waals surface area contributed by atoms with Crippen molar-refractivity contribution >= 4 is 39.7 Å². The number of fused-ring (bicyclic) bond motifs is 2. The number of pyridine rings is 1. The van der Waals surface area contributed by atoms with E-state index >= 15 is 0 Å². The number of hydrogen-bond acceptors (Lipinski definition) is 7. The van der Waals surface area contributed by atoms with Crippen LogP contribution in [0.25, 0.3) is 11.0 Å². The first-order valence-electron chi connectivity index (χ1n) is 12.0. The number of aryl methyl sites for hydroxylation is 1.